The van der Waals surface area contributed by atoms with E-state index in [0.29, 0.717) is 28.0 Å². The first-order chi connectivity index (χ1) is 12.9. The molecule has 0 radical (unpaired) electrons. The molecule has 0 bridgehead atoms. The Balaban J connectivity index is 2.05. The maximum atomic E-state index is 12.8. The Kier molecular flexibility index (Phi) is 5.21. The fourth-order valence-electron chi connectivity index (χ4n) is 2.94. The zero-order valence-corrected chi connectivity index (χ0v) is 15.8. The van der Waals surface area contributed by atoms with Crippen LogP contribution in [-0.2, 0) is 9.53 Å². The predicted octanol–water partition coefficient (Wildman–Crippen LogP) is 2.72. The van der Waals surface area contributed by atoms with E-state index in [2.05, 4.69) is 15.4 Å². The van der Waals surface area contributed by atoms with Gasteiger partial charge in [-0.15, -0.1) is 0 Å². The first kappa shape index (κ1) is 18.6. The Hall–Kier alpha value is -3.22. The molecule has 3 aromatic rings. The molecule has 3 rings (SSSR count). The minimum absolute atomic E-state index is 0.264. The monoisotopic (exact) mass is 366 g/mol. The largest absolute Gasteiger partial charge is 0.464 e. The molecule has 2 aromatic heterocycles. The molecule has 0 saturated heterocycles. The van der Waals surface area contributed by atoms with Crippen molar-refractivity contribution in [3.63, 3.8) is 0 Å². The number of hydrogen-bond donors (Lipinski definition) is 1. The summed E-state index contributed by atoms with van der Waals surface area (Å²) in [5, 5.41) is 7.93. The van der Waals surface area contributed by atoms with Crippen molar-refractivity contribution >= 4 is 22.9 Å². The molecule has 1 atom stereocenters. The average molecular weight is 366 g/mol. The molecular formula is C20H22N4O3. The lowest BCUT2D eigenvalue weighted by Crippen LogP contribution is -2.39. The second-order valence-electron chi connectivity index (χ2n) is 6.29. The Morgan fingerprint density at radius 2 is 1.93 bits per heavy atom. The van der Waals surface area contributed by atoms with E-state index in [0.717, 1.165) is 5.69 Å². The number of ether oxygens (including phenoxy) is 1. The fourth-order valence-corrected chi connectivity index (χ4v) is 2.94. The summed E-state index contributed by atoms with van der Waals surface area (Å²) in [6.07, 6.45) is 0. The number of aromatic nitrogens is 3. The number of fused-ring (bicyclic) bond motifs is 1. The zero-order chi connectivity index (χ0) is 19.6. The second kappa shape index (κ2) is 7.57. The van der Waals surface area contributed by atoms with E-state index < -0.39 is 12.0 Å². The summed E-state index contributed by atoms with van der Waals surface area (Å²) in [5.74, 6) is -0.827. The molecule has 0 aliphatic rings. The number of para-hydroxylation sites is 1. The van der Waals surface area contributed by atoms with Crippen molar-refractivity contribution in [1.82, 2.24) is 20.1 Å². The second-order valence-corrected chi connectivity index (χ2v) is 6.29. The molecule has 1 N–H and O–H groups in total. The number of pyridine rings is 1. The highest BCUT2D eigenvalue weighted by atomic mass is 16.5. The van der Waals surface area contributed by atoms with E-state index in [9.17, 15) is 9.59 Å². The molecule has 1 unspecified atom stereocenters. The lowest BCUT2D eigenvalue weighted by molar-refractivity contribution is -0.144. The van der Waals surface area contributed by atoms with Gasteiger partial charge in [-0.1, -0.05) is 18.2 Å². The summed E-state index contributed by atoms with van der Waals surface area (Å²) in [5.41, 5.74) is 3.28. The molecule has 7 heteroatoms. The van der Waals surface area contributed by atoms with Crippen molar-refractivity contribution in [2.45, 2.75) is 33.7 Å². The van der Waals surface area contributed by atoms with Crippen LogP contribution in [0.15, 0.2) is 36.4 Å². The molecule has 0 spiro atoms. The highest BCUT2D eigenvalue weighted by molar-refractivity contribution is 6.07. The summed E-state index contributed by atoms with van der Waals surface area (Å²) < 4.78 is 6.68. The van der Waals surface area contributed by atoms with Gasteiger partial charge >= 0.3 is 5.97 Å². The van der Waals surface area contributed by atoms with Crippen LogP contribution < -0.4 is 5.32 Å². The number of aryl methyl sites for hydroxylation is 2. The third kappa shape index (κ3) is 3.67. The van der Waals surface area contributed by atoms with E-state index in [4.69, 9.17) is 4.74 Å². The maximum absolute atomic E-state index is 12.8. The topological polar surface area (TPSA) is 86.1 Å². The van der Waals surface area contributed by atoms with Crippen molar-refractivity contribution in [1.29, 1.82) is 0 Å². The van der Waals surface area contributed by atoms with Gasteiger partial charge in [0, 0.05) is 5.69 Å². The van der Waals surface area contributed by atoms with Crippen LogP contribution in [0.3, 0.4) is 0 Å². The van der Waals surface area contributed by atoms with Crippen LogP contribution in [0.5, 0.6) is 0 Å². The number of carbonyl (C=O) groups is 2. The maximum Gasteiger partial charge on any atom is 0.328 e. The Labute approximate surface area is 157 Å². The molecule has 2 heterocycles. The van der Waals surface area contributed by atoms with Gasteiger partial charge in [0.2, 0.25) is 0 Å². The van der Waals surface area contributed by atoms with Gasteiger partial charge in [-0.2, -0.15) is 5.10 Å². The van der Waals surface area contributed by atoms with Crippen molar-refractivity contribution in [2.24, 2.45) is 0 Å². The third-order valence-corrected chi connectivity index (χ3v) is 4.17. The SMILES string of the molecule is CCOC(=O)C(C)NC(=O)c1cc(C)nc2c1c(C)nn2-c1ccccc1. The summed E-state index contributed by atoms with van der Waals surface area (Å²) in [4.78, 5) is 29.3. The van der Waals surface area contributed by atoms with Gasteiger partial charge in [-0.25, -0.2) is 14.5 Å². The lowest BCUT2D eigenvalue weighted by Gasteiger charge is -2.13. The van der Waals surface area contributed by atoms with Crippen molar-refractivity contribution < 1.29 is 14.3 Å². The van der Waals surface area contributed by atoms with E-state index >= 15 is 0 Å². The molecule has 0 saturated carbocycles. The minimum Gasteiger partial charge on any atom is -0.464 e. The highest BCUT2D eigenvalue weighted by Gasteiger charge is 2.23. The molecule has 0 aliphatic heterocycles. The Morgan fingerprint density at radius 1 is 1.22 bits per heavy atom. The summed E-state index contributed by atoms with van der Waals surface area (Å²) in [6, 6.07) is 10.6. The number of esters is 1. The van der Waals surface area contributed by atoms with Gasteiger partial charge in [0.1, 0.15) is 6.04 Å². The molecular weight excluding hydrogens is 344 g/mol. The van der Waals surface area contributed by atoms with E-state index in [-0.39, 0.29) is 12.5 Å². The van der Waals surface area contributed by atoms with Crippen molar-refractivity contribution in [2.75, 3.05) is 6.61 Å². The van der Waals surface area contributed by atoms with Crippen LogP contribution in [-0.4, -0.2) is 39.3 Å². The van der Waals surface area contributed by atoms with E-state index in [1.807, 2.05) is 44.2 Å². The van der Waals surface area contributed by atoms with Crippen LogP contribution in [0.25, 0.3) is 16.7 Å². The number of benzene rings is 1. The van der Waals surface area contributed by atoms with Gasteiger partial charge in [0.15, 0.2) is 5.65 Å². The van der Waals surface area contributed by atoms with Gasteiger partial charge in [0.25, 0.3) is 5.91 Å². The normalized spacial score (nSPS) is 12.0. The summed E-state index contributed by atoms with van der Waals surface area (Å²) >= 11 is 0. The Morgan fingerprint density at radius 3 is 2.59 bits per heavy atom. The smallest absolute Gasteiger partial charge is 0.328 e. The number of rotatable bonds is 5. The zero-order valence-electron chi connectivity index (χ0n) is 15.8. The highest BCUT2D eigenvalue weighted by Crippen LogP contribution is 2.24. The third-order valence-electron chi connectivity index (χ3n) is 4.17. The number of hydrogen-bond acceptors (Lipinski definition) is 5. The predicted molar refractivity (Wildman–Crippen MR) is 102 cm³/mol. The summed E-state index contributed by atoms with van der Waals surface area (Å²) in [7, 11) is 0. The summed E-state index contributed by atoms with van der Waals surface area (Å²) in [6.45, 7) is 7.25. The first-order valence-electron chi connectivity index (χ1n) is 8.82. The van der Waals surface area contributed by atoms with Crippen LogP contribution >= 0.6 is 0 Å². The van der Waals surface area contributed by atoms with Crippen LogP contribution in [0.2, 0.25) is 0 Å². The minimum atomic E-state index is -0.745. The van der Waals surface area contributed by atoms with Crippen molar-refractivity contribution in [3.8, 4) is 5.69 Å². The van der Waals surface area contributed by atoms with Gasteiger partial charge < -0.3 is 10.1 Å². The number of nitrogens with zero attached hydrogens (tertiary/aromatic N) is 3. The standard InChI is InChI=1S/C20H22N4O3/c1-5-27-20(26)14(4)22-19(25)16-11-12(2)21-18-17(16)13(3)23-24(18)15-9-7-6-8-10-15/h6-11,14H,5H2,1-4H3,(H,22,25). The van der Waals surface area contributed by atoms with E-state index in [1.165, 1.54) is 0 Å². The molecule has 1 aromatic carbocycles. The molecule has 1 amide bonds. The first-order valence-corrected chi connectivity index (χ1v) is 8.82. The van der Waals surface area contributed by atoms with Crippen LogP contribution in [0.4, 0.5) is 0 Å². The fraction of sp³-hybridized carbons (Fsp3) is 0.300. The van der Waals surface area contributed by atoms with Gasteiger partial charge in [-0.3, -0.25) is 4.79 Å². The van der Waals surface area contributed by atoms with E-state index in [1.54, 1.807) is 24.6 Å². The molecule has 7 nitrogen and oxygen atoms in total. The van der Waals surface area contributed by atoms with Gasteiger partial charge in [-0.05, 0) is 45.9 Å². The van der Waals surface area contributed by atoms with Crippen molar-refractivity contribution in [3.05, 3.63) is 53.3 Å². The molecule has 0 fully saturated rings. The number of amides is 1. The van der Waals surface area contributed by atoms with Crippen LogP contribution in [0.1, 0.15) is 35.6 Å². The molecule has 27 heavy (non-hydrogen) atoms. The average Bonchev–Trinajstić information content (AvgIpc) is 2.98. The quantitative estimate of drug-likeness (QED) is 0.702. The Bertz CT molecular complexity index is 995. The molecule has 0 aliphatic carbocycles. The van der Waals surface area contributed by atoms with Gasteiger partial charge in [0.05, 0.1) is 28.9 Å². The number of nitrogens with one attached hydrogen (secondary N) is 1. The van der Waals surface area contributed by atoms with Crippen LogP contribution in [0, 0.1) is 13.8 Å². The lowest BCUT2D eigenvalue weighted by atomic mass is 10.1. The molecule has 140 valence electrons. The number of carbonyl (C=O) groups excluding carboxylic acids is 2.